The molecule has 2 aliphatic heterocycles. The summed E-state index contributed by atoms with van der Waals surface area (Å²) in [7, 11) is 0. The molecule has 6 atom stereocenters. The summed E-state index contributed by atoms with van der Waals surface area (Å²) in [6.45, 7) is 10.7. The van der Waals surface area contributed by atoms with Crippen molar-refractivity contribution in [1.82, 2.24) is 0 Å². The SMILES string of the molecule is C=CC1=C[C@H]2[C@H](CC1)C(=NCC)CC[C@@H]1CC[C@@H](CC[C@H](C)C(=N)C2(C)O)O1. The summed E-state index contributed by atoms with van der Waals surface area (Å²) in [4.78, 5) is 4.89. The van der Waals surface area contributed by atoms with Crippen molar-refractivity contribution in [1.29, 1.82) is 5.41 Å². The van der Waals surface area contributed by atoms with Gasteiger partial charge in [0, 0.05) is 29.8 Å². The number of hydrogen-bond acceptors (Lipinski definition) is 4. The molecule has 0 aromatic carbocycles. The Kier molecular flexibility index (Phi) is 6.93. The maximum Gasteiger partial charge on any atom is 0.106 e. The van der Waals surface area contributed by atoms with E-state index in [0.29, 0.717) is 17.9 Å². The lowest BCUT2D eigenvalue weighted by Gasteiger charge is -2.42. The summed E-state index contributed by atoms with van der Waals surface area (Å²) < 4.78 is 6.29. The molecule has 0 radical (unpaired) electrons. The second kappa shape index (κ2) is 9.04. The fourth-order valence-electron chi connectivity index (χ4n) is 5.39. The Balaban J connectivity index is 1.99. The van der Waals surface area contributed by atoms with Crippen LogP contribution in [-0.2, 0) is 4.74 Å². The monoisotopic (exact) mass is 386 g/mol. The largest absolute Gasteiger partial charge is 0.384 e. The fraction of sp³-hybridized carbons (Fsp3) is 0.750. The molecule has 156 valence electrons. The van der Waals surface area contributed by atoms with Crippen LogP contribution in [0.2, 0.25) is 0 Å². The van der Waals surface area contributed by atoms with Gasteiger partial charge in [-0.2, -0.15) is 0 Å². The van der Waals surface area contributed by atoms with Crippen LogP contribution in [0.1, 0.15) is 72.1 Å². The normalized spacial score (nSPS) is 41.4. The van der Waals surface area contributed by atoms with Crippen molar-refractivity contribution in [3.05, 3.63) is 24.3 Å². The summed E-state index contributed by atoms with van der Waals surface area (Å²) >= 11 is 0. The van der Waals surface area contributed by atoms with Gasteiger partial charge in [0.05, 0.1) is 12.2 Å². The number of hydrogen-bond donors (Lipinski definition) is 2. The van der Waals surface area contributed by atoms with Crippen LogP contribution in [0.4, 0.5) is 0 Å². The highest BCUT2D eigenvalue weighted by molar-refractivity contribution is 5.94. The first-order valence-electron chi connectivity index (χ1n) is 11.2. The van der Waals surface area contributed by atoms with E-state index in [-0.39, 0.29) is 17.8 Å². The van der Waals surface area contributed by atoms with Crippen molar-refractivity contribution in [2.24, 2.45) is 22.7 Å². The van der Waals surface area contributed by atoms with E-state index in [9.17, 15) is 5.11 Å². The number of aliphatic imine (C=N–C) groups is 1. The van der Waals surface area contributed by atoms with E-state index in [1.165, 1.54) is 11.3 Å². The second-order valence-corrected chi connectivity index (χ2v) is 9.12. The van der Waals surface area contributed by atoms with E-state index in [1.54, 1.807) is 0 Å². The average Bonchev–Trinajstić information content (AvgIpc) is 3.15. The Morgan fingerprint density at radius 3 is 2.57 bits per heavy atom. The van der Waals surface area contributed by atoms with E-state index in [2.05, 4.69) is 26.5 Å². The average molecular weight is 387 g/mol. The van der Waals surface area contributed by atoms with Gasteiger partial charge in [-0.15, -0.1) is 0 Å². The molecular weight excluding hydrogens is 348 g/mol. The summed E-state index contributed by atoms with van der Waals surface area (Å²) in [5, 5.41) is 20.4. The van der Waals surface area contributed by atoms with E-state index >= 15 is 0 Å². The van der Waals surface area contributed by atoms with Gasteiger partial charge >= 0.3 is 0 Å². The smallest absolute Gasteiger partial charge is 0.106 e. The standard InChI is InChI=1S/C24H38N2O2/c1-5-17-8-13-20-21(15-17)24(4,27)23(25)16(3)7-9-18-10-11-19(28-18)12-14-22(20)26-6-2/h5,15-16,18-21,25,27H,1,6-14H2,2-4H3/t16-,18+,19-,20-,21-,24?/m0/s1. The van der Waals surface area contributed by atoms with E-state index < -0.39 is 5.60 Å². The lowest BCUT2D eigenvalue weighted by atomic mass is 9.66. The molecule has 4 heteroatoms. The molecule has 0 aromatic heterocycles. The predicted octanol–water partition coefficient (Wildman–Crippen LogP) is 5.11. The molecular formula is C24H38N2O2. The highest BCUT2D eigenvalue weighted by Crippen LogP contribution is 2.41. The van der Waals surface area contributed by atoms with Crippen molar-refractivity contribution < 1.29 is 9.84 Å². The van der Waals surface area contributed by atoms with Crippen molar-refractivity contribution >= 4 is 11.4 Å². The van der Waals surface area contributed by atoms with Crippen LogP contribution < -0.4 is 0 Å². The van der Waals surface area contributed by atoms with Crippen molar-refractivity contribution in [2.45, 2.75) is 89.9 Å². The summed E-state index contributed by atoms with van der Waals surface area (Å²) in [6, 6.07) is 0. The first-order valence-corrected chi connectivity index (χ1v) is 11.2. The maximum absolute atomic E-state index is 11.6. The van der Waals surface area contributed by atoms with E-state index in [1.807, 2.05) is 13.0 Å². The van der Waals surface area contributed by atoms with Gasteiger partial charge in [-0.3, -0.25) is 4.99 Å². The predicted molar refractivity (Wildman–Crippen MR) is 116 cm³/mol. The van der Waals surface area contributed by atoms with Gasteiger partial charge in [0.1, 0.15) is 5.60 Å². The van der Waals surface area contributed by atoms with Crippen LogP contribution >= 0.6 is 0 Å². The number of allylic oxidation sites excluding steroid dienone is 2. The van der Waals surface area contributed by atoms with Crippen LogP contribution in [0.5, 0.6) is 0 Å². The minimum atomic E-state index is -1.17. The molecule has 0 spiro atoms. The molecule has 1 aliphatic carbocycles. The Morgan fingerprint density at radius 1 is 1.21 bits per heavy atom. The van der Waals surface area contributed by atoms with Crippen LogP contribution in [0.25, 0.3) is 0 Å². The molecule has 28 heavy (non-hydrogen) atoms. The Labute approximate surface area is 170 Å². The molecule has 1 unspecified atom stereocenters. The van der Waals surface area contributed by atoms with Crippen LogP contribution in [-0.4, -0.2) is 40.9 Å². The number of nitrogens with zero attached hydrogens (tertiary/aromatic N) is 1. The molecule has 3 rings (SSSR count). The zero-order chi connectivity index (χ0) is 20.3. The summed E-state index contributed by atoms with van der Waals surface area (Å²) in [5.74, 6) is 0.116. The topological polar surface area (TPSA) is 65.7 Å². The quantitative estimate of drug-likeness (QED) is 0.692. The minimum absolute atomic E-state index is 0.0492. The van der Waals surface area contributed by atoms with Gasteiger partial charge in [0.15, 0.2) is 0 Å². The highest BCUT2D eigenvalue weighted by atomic mass is 16.5. The van der Waals surface area contributed by atoms with E-state index in [4.69, 9.17) is 15.1 Å². The molecule has 4 nitrogen and oxygen atoms in total. The molecule has 3 aliphatic rings. The molecule has 0 saturated carbocycles. The minimum Gasteiger partial charge on any atom is -0.384 e. The first-order chi connectivity index (χ1) is 13.4. The zero-order valence-corrected chi connectivity index (χ0v) is 17.9. The number of rotatable bonds is 2. The number of aliphatic hydroxyl groups is 1. The molecule has 2 bridgehead atoms. The van der Waals surface area contributed by atoms with Crippen LogP contribution in [0, 0.1) is 23.2 Å². The zero-order valence-electron chi connectivity index (χ0n) is 17.9. The van der Waals surface area contributed by atoms with Gasteiger partial charge in [-0.05, 0) is 71.1 Å². The molecule has 0 amide bonds. The molecule has 2 N–H and O–H groups in total. The molecule has 2 fully saturated rings. The lowest BCUT2D eigenvalue weighted by molar-refractivity contribution is 0.0349. The fourth-order valence-corrected chi connectivity index (χ4v) is 5.39. The Morgan fingerprint density at radius 2 is 1.89 bits per heavy atom. The molecule has 2 heterocycles. The van der Waals surface area contributed by atoms with Crippen molar-refractivity contribution in [3.8, 4) is 0 Å². The number of ether oxygens (including phenoxy) is 1. The number of fused-ring (bicyclic) bond motifs is 3. The van der Waals surface area contributed by atoms with Crippen LogP contribution in [0.3, 0.4) is 0 Å². The lowest BCUT2D eigenvalue weighted by Crippen LogP contribution is -2.50. The first kappa shape index (κ1) is 21.4. The second-order valence-electron chi connectivity index (χ2n) is 9.12. The number of nitrogens with one attached hydrogen (secondary N) is 1. The highest BCUT2D eigenvalue weighted by Gasteiger charge is 2.44. The van der Waals surface area contributed by atoms with Crippen molar-refractivity contribution in [3.63, 3.8) is 0 Å². The van der Waals surface area contributed by atoms with Gasteiger partial charge in [0.25, 0.3) is 0 Å². The van der Waals surface area contributed by atoms with Gasteiger partial charge in [-0.25, -0.2) is 0 Å². The van der Waals surface area contributed by atoms with E-state index in [0.717, 1.165) is 57.9 Å². The summed E-state index contributed by atoms with van der Waals surface area (Å²) in [6.07, 6.45) is 12.8. The summed E-state index contributed by atoms with van der Waals surface area (Å²) in [5.41, 5.74) is 1.68. The Bertz CT molecular complexity index is 649. The van der Waals surface area contributed by atoms with Gasteiger partial charge < -0.3 is 15.3 Å². The molecule has 0 aromatic rings. The third-order valence-electron chi connectivity index (χ3n) is 7.15. The van der Waals surface area contributed by atoms with Gasteiger partial charge in [0.2, 0.25) is 0 Å². The van der Waals surface area contributed by atoms with Gasteiger partial charge in [-0.1, -0.05) is 31.2 Å². The van der Waals surface area contributed by atoms with Crippen LogP contribution in [0.15, 0.2) is 29.3 Å². The molecule has 2 saturated heterocycles. The third-order valence-corrected chi connectivity index (χ3v) is 7.15. The Hall–Kier alpha value is -1.26. The third kappa shape index (κ3) is 4.49. The van der Waals surface area contributed by atoms with Crippen molar-refractivity contribution in [2.75, 3.05) is 6.54 Å². The maximum atomic E-state index is 11.6.